The molecule has 176 valence electrons. The average Bonchev–Trinajstić information content (AvgIpc) is 3.59. The molecule has 1 aromatic heterocycles. The van der Waals surface area contributed by atoms with Crippen LogP contribution in [0.15, 0.2) is 53.6 Å². The Hall–Kier alpha value is -3.75. The fourth-order valence-corrected chi connectivity index (χ4v) is 4.15. The number of rotatable bonds is 8. The molecular formula is C25H28FN7O. The van der Waals surface area contributed by atoms with E-state index >= 15 is 0 Å². The summed E-state index contributed by atoms with van der Waals surface area (Å²) in [5, 5.41) is 4.34. The Kier molecular flexibility index (Phi) is 6.78. The van der Waals surface area contributed by atoms with Crippen LogP contribution in [0.4, 0.5) is 22.2 Å². The first kappa shape index (κ1) is 22.1. The first-order valence-corrected chi connectivity index (χ1v) is 11.8. The minimum Gasteiger partial charge on any atom is -0.489 e. The van der Waals surface area contributed by atoms with Gasteiger partial charge in [-0.2, -0.15) is 20.1 Å². The van der Waals surface area contributed by atoms with Crippen molar-refractivity contribution in [2.45, 2.75) is 32.3 Å². The van der Waals surface area contributed by atoms with Gasteiger partial charge in [0.2, 0.25) is 17.8 Å². The van der Waals surface area contributed by atoms with Crippen LogP contribution < -0.4 is 20.0 Å². The fraction of sp³-hybridized carbons (Fsp3) is 0.360. The second kappa shape index (κ2) is 10.5. The van der Waals surface area contributed by atoms with Crippen LogP contribution in [-0.4, -0.2) is 47.3 Å². The number of anilines is 3. The molecule has 2 saturated heterocycles. The topological polar surface area (TPSA) is 78.8 Å². The predicted octanol–water partition coefficient (Wildman–Crippen LogP) is 4.24. The Morgan fingerprint density at radius 2 is 1.56 bits per heavy atom. The van der Waals surface area contributed by atoms with Crippen molar-refractivity contribution in [1.82, 2.24) is 15.0 Å². The normalized spacial score (nSPS) is 15.9. The molecule has 2 aliphatic rings. The van der Waals surface area contributed by atoms with E-state index in [1.54, 1.807) is 24.4 Å². The Morgan fingerprint density at radius 3 is 2.24 bits per heavy atom. The summed E-state index contributed by atoms with van der Waals surface area (Å²) in [6.07, 6.45) is 6.30. The first-order chi connectivity index (χ1) is 16.7. The van der Waals surface area contributed by atoms with Crippen molar-refractivity contribution in [2.24, 2.45) is 5.10 Å². The lowest BCUT2D eigenvalue weighted by Gasteiger charge is -2.20. The van der Waals surface area contributed by atoms with Crippen molar-refractivity contribution in [2.75, 3.05) is 41.4 Å². The SMILES string of the molecule is Fc1ccccc1COc1cccc(/C=N/Nc2nc(N3CCCC3)nc(N3CCCC3)n2)c1. The molecule has 9 heteroatoms. The molecule has 5 rings (SSSR count). The van der Waals surface area contributed by atoms with E-state index in [2.05, 4.69) is 30.3 Å². The summed E-state index contributed by atoms with van der Waals surface area (Å²) >= 11 is 0. The van der Waals surface area contributed by atoms with Gasteiger partial charge in [0.1, 0.15) is 18.2 Å². The smallest absolute Gasteiger partial charge is 0.250 e. The third-order valence-electron chi connectivity index (χ3n) is 5.98. The highest BCUT2D eigenvalue weighted by molar-refractivity contribution is 5.80. The van der Waals surface area contributed by atoms with Crippen LogP contribution in [0.1, 0.15) is 36.8 Å². The van der Waals surface area contributed by atoms with Gasteiger partial charge in [-0.25, -0.2) is 9.82 Å². The van der Waals surface area contributed by atoms with Gasteiger partial charge >= 0.3 is 0 Å². The maximum absolute atomic E-state index is 13.8. The molecule has 34 heavy (non-hydrogen) atoms. The largest absolute Gasteiger partial charge is 0.489 e. The number of nitrogens with zero attached hydrogens (tertiary/aromatic N) is 6. The van der Waals surface area contributed by atoms with E-state index in [1.165, 1.54) is 6.07 Å². The minimum absolute atomic E-state index is 0.162. The van der Waals surface area contributed by atoms with E-state index < -0.39 is 0 Å². The lowest BCUT2D eigenvalue weighted by molar-refractivity contribution is 0.300. The number of hydrogen-bond acceptors (Lipinski definition) is 8. The second-order valence-electron chi connectivity index (χ2n) is 8.47. The van der Waals surface area contributed by atoms with Crippen molar-refractivity contribution < 1.29 is 9.13 Å². The summed E-state index contributed by atoms with van der Waals surface area (Å²) < 4.78 is 19.6. The predicted molar refractivity (Wildman–Crippen MR) is 131 cm³/mol. The Labute approximate surface area is 198 Å². The molecule has 0 aliphatic carbocycles. The van der Waals surface area contributed by atoms with Gasteiger partial charge in [-0.3, -0.25) is 0 Å². The molecule has 0 saturated carbocycles. The third kappa shape index (κ3) is 5.41. The van der Waals surface area contributed by atoms with Crippen LogP contribution in [0.2, 0.25) is 0 Å². The van der Waals surface area contributed by atoms with Gasteiger partial charge in [-0.1, -0.05) is 30.3 Å². The lowest BCUT2D eigenvalue weighted by Crippen LogP contribution is -2.25. The van der Waals surface area contributed by atoms with Crippen molar-refractivity contribution in [3.05, 3.63) is 65.5 Å². The highest BCUT2D eigenvalue weighted by atomic mass is 19.1. The number of ether oxygens (including phenoxy) is 1. The van der Waals surface area contributed by atoms with Gasteiger partial charge < -0.3 is 14.5 Å². The Bertz CT molecular complexity index is 1110. The zero-order valence-electron chi connectivity index (χ0n) is 19.0. The molecule has 0 bridgehead atoms. The molecule has 0 amide bonds. The van der Waals surface area contributed by atoms with Crippen LogP contribution in [0.25, 0.3) is 0 Å². The maximum atomic E-state index is 13.8. The van der Waals surface area contributed by atoms with Crippen LogP contribution >= 0.6 is 0 Å². The zero-order valence-corrected chi connectivity index (χ0v) is 19.0. The number of benzene rings is 2. The van der Waals surface area contributed by atoms with E-state index in [9.17, 15) is 4.39 Å². The molecule has 0 unspecified atom stereocenters. The zero-order chi connectivity index (χ0) is 23.2. The van der Waals surface area contributed by atoms with Gasteiger partial charge in [0.25, 0.3) is 0 Å². The third-order valence-corrected chi connectivity index (χ3v) is 5.98. The van der Waals surface area contributed by atoms with E-state index in [1.807, 2.05) is 24.3 Å². The number of hydrogen-bond donors (Lipinski definition) is 1. The molecule has 1 N–H and O–H groups in total. The van der Waals surface area contributed by atoms with Crippen molar-refractivity contribution in [3.8, 4) is 5.75 Å². The van der Waals surface area contributed by atoms with Crippen LogP contribution in [0, 0.1) is 5.82 Å². The van der Waals surface area contributed by atoms with Gasteiger partial charge in [-0.05, 0) is 49.4 Å². The molecular weight excluding hydrogens is 433 g/mol. The Morgan fingerprint density at radius 1 is 0.882 bits per heavy atom. The number of halogens is 1. The summed E-state index contributed by atoms with van der Waals surface area (Å²) in [6.45, 7) is 4.02. The van der Waals surface area contributed by atoms with E-state index in [4.69, 9.17) is 9.72 Å². The van der Waals surface area contributed by atoms with Gasteiger partial charge in [-0.15, -0.1) is 0 Å². The van der Waals surface area contributed by atoms with Gasteiger partial charge in [0.05, 0.1) is 6.21 Å². The molecule has 3 heterocycles. The highest BCUT2D eigenvalue weighted by Crippen LogP contribution is 2.23. The first-order valence-electron chi connectivity index (χ1n) is 11.8. The standard InChI is InChI=1S/C25H28FN7O/c26-22-11-2-1-9-20(22)18-34-21-10-7-8-19(16-21)17-27-31-23-28-24(32-12-3-4-13-32)30-25(29-23)33-14-5-6-15-33/h1-2,7-11,16-17H,3-6,12-15,18H2,(H,28,29,30,31)/b27-17+. The van der Waals surface area contributed by atoms with Crippen LogP contribution in [0.5, 0.6) is 5.75 Å². The van der Waals surface area contributed by atoms with Crippen molar-refractivity contribution >= 4 is 24.1 Å². The number of nitrogens with one attached hydrogen (secondary N) is 1. The highest BCUT2D eigenvalue weighted by Gasteiger charge is 2.21. The Balaban J connectivity index is 1.27. The molecule has 0 radical (unpaired) electrons. The fourth-order valence-electron chi connectivity index (χ4n) is 4.15. The van der Waals surface area contributed by atoms with Crippen LogP contribution in [-0.2, 0) is 6.61 Å². The molecule has 2 fully saturated rings. The monoisotopic (exact) mass is 461 g/mol. The second-order valence-corrected chi connectivity index (χ2v) is 8.47. The number of hydrazone groups is 1. The molecule has 8 nitrogen and oxygen atoms in total. The molecule has 0 atom stereocenters. The maximum Gasteiger partial charge on any atom is 0.250 e. The molecule has 3 aromatic rings. The quantitative estimate of drug-likeness (QED) is 0.397. The summed E-state index contributed by atoms with van der Waals surface area (Å²) in [5.74, 6) is 2.21. The summed E-state index contributed by atoms with van der Waals surface area (Å²) in [7, 11) is 0. The van der Waals surface area contributed by atoms with Gasteiger partial charge in [0, 0.05) is 31.7 Å². The average molecular weight is 462 g/mol. The summed E-state index contributed by atoms with van der Waals surface area (Å²) in [4.78, 5) is 18.3. The van der Waals surface area contributed by atoms with Crippen molar-refractivity contribution in [1.29, 1.82) is 0 Å². The molecule has 2 aromatic carbocycles. The van der Waals surface area contributed by atoms with Gasteiger partial charge in [0.15, 0.2) is 0 Å². The van der Waals surface area contributed by atoms with E-state index in [0.717, 1.165) is 57.4 Å². The molecule has 0 spiro atoms. The van der Waals surface area contributed by atoms with E-state index in [0.29, 0.717) is 29.2 Å². The lowest BCUT2D eigenvalue weighted by atomic mass is 10.2. The molecule has 2 aliphatic heterocycles. The van der Waals surface area contributed by atoms with Crippen LogP contribution in [0.3, 0.4) is 0 Å². The van der Waals surface area contributed by atoms with E-state index in [-0.39, 0.29) is 12.4 Å². The number of aromatic nitrogens is 3. The summed E-state index contributed by atoms with van der Waals surface area (Å²) in [6, 6.07) is 14.1. The van der Waals surface area contributed by atoms with Crippen molar-refractivity contribution in [3.63, 3.8) is 0 Å². The minimum atomic E-state index is -0.275. The summed E-state index contributed by atoms with van der Waals surface area (Å²) in [5.41, 5.74) is 4.32.